The van der Waals surface area contributed by atoms with Crippen molar-refractivity contribution in [3.63, 3.8) is 0 Å². The van der Waals surface area contributed by atoms with Crippen LogP contribution >= 0.6 is 11.6 Å². The van der Waals surface area contributed by atoms with Gasteiger partial charge in [0.05, 0.1) is 23.6 Å². The summed E-state index contributed by atoms with van der Waals surface area (Å²) in [5, 5.41) is 0.484. The van der Waals surface area contributed by atoms with Gasteiger partial charge in [-0.25, -0.2) is 13.2 Å². The van der Waals surface area contributed by atoms with Gasteiger partial charge in [0, 0.05) is 36.3 Å². The van der Waals surface area contributed by atoms with E-state index in [9.17, 15) is 18.0 Å². The molecule has 0 unspecified atom stereocenters. The number of carbonyl (C=O) groups excluding carboxylic acids is 2. The number of halogens is 1. The topological polar surface area (TPSA) is 93.6 Å². The first-order valence-corrected chi connectivity index (χ1v) is 12.0. The zero-order valence-electron chi connectivity index (χ0n) is 17.8. The maximum Gasteiger partial charge on any atom is 0.337 e. The lowest BCUT2D eigenvalue weighted by Gasteiger charge is -2.28. The van der Waals surface area contributed by atoms with Crippen molar-refractivity contribution >= 4 is 33.4 Å². The summed E-state index contributed by atoms with van der Waals surface area (Å²) < 4.78 is 33.3. The fourth-order valence-corrected chi connectivity index (χ4v) is 5.64. The number of rotatable bonds is 5. The number of sulfonamides is 1. The summed E-state index contributed by atoms with van der Waals surface area (Å²) in [6, 6.07) is 15.0. The van der Waals surface area contributed by atoms with Gasteiger partial charge in [-0.3, -0.25) is 9.78 Å². The fraction of sp³-hybridized carbons (Fsp3) is 0.208. The molecule has 0 aliphatic carbocycles. The molecule has 0 amide bonds. The minimum absolute atomic E-state index is 0.0107. The van der Waals surface area contributed by atoms with E-state index in [2.05, 4.69) is 9.72 Å². The summed E-state index contributed by atoms with van der Waals surface area (Å²) in [5.41, 5.74) is 2.26. The maximum atomic E-state index is 13.7. The van der Waals surface area contributed by atoms with Crippen LogP contribution in [0.1, 0.15) is 27.2 Å². The van der Waals surface area contributed by atoms with Crippen molar-refractivity contribution in [2.24, 2.45) is 0 Å². The van der Waals surface area contributed by atoms with E-state index in [-0.39, 0.29) is 35.6 Å². The van der Waals surface area contributed by atoms with Crippen LogP contribution in [-0.2, 0) is 38.9 Å². The largest absolute Gasteiger partial charge is 0.465 e. The number of carbonyl (C=O) groups is 2. The lowest BCUT2D eigenvalue weighted by Crippen LogP contribution is -2.45. The van der Waals surface area contributed by atoms with Crippen LogP contribution < -0.4 is 0 Å². The normalized spacial score (nSPS) is 16.7. The van der Waals surface area contributed by atoms with E-state index in [4.69, 9.17) is 11.6 Å². The Bertz CT molecular complexity index is 1290. The molecule has 170 valence electrons. The van der Waals surface area contributed by atoms with E-state index >= 15 is 0 Å². The summed E-state index contributed by atoms with van der Waals surface area (Å²) in [7, 11) is -2.84. The van der Waals surface area contributed by atoms with Gasteiger partial charge in [-0.2, -0.15) is 4.31 Å². The molecule has 7 nitrogen and oxygen atoms in total. The molecule has 0 N–H and O–H groups in total. The van der Waals surface area contributed by atoms with Crippen LogP contribution in [0.5, 0.6) is 0 Å². The summed E-state index contributed by atoms with van der Waals surface area (Å²) in [5.74, 6) is -0.806. The molecule has 1 aliphatic rings. The lowest BCUT2D eigenvalue weighted by molar-refractivity contribution is -0.121. The number of hydrogen-bond donors (Lipinski definition) is 0. The molecule has 4 rings (SSSR count). The van der Waals surface area contributed by atoms with E-state index in [0.29, 0.717) is 21.8 Å². The summed E-state index contributed by atoms with van der Waals surface area (Å²) >= 11 is 6.13. The number of esters is 1. The Morgan fingerprint density at radius 2 is 1.88 bits per heavy atom. The fourth-order valence-electron chi connectivity index (χ4n) is 3.86. The predicted octanol–water partition coefficient (Wildman–Crippen LogP) is 3.45. The highest BCUT2D eigenvalue weighted by Gasteiger charge is 2.39. The van der Waals surface area contributed by atoms with Gasteiger partial charge in [0.25, 0.3) is 0 Å². The highest BCUT2D eigenvalue weighted by atomic mass is 35.5. The first-order chi connectivity index (χ1) is 15.8. The third-order valence-corrected chi connectivity index (χ3v) is 7.69. The molecule has 2 heterocycles. The van der Waals surface area contributed by atoms with Crippen molar-refractivity contribution in [3.05, 3.63) is 94.3 Å². The molecular weight excluding hydrogens is 464 g/mol. The molecule has 0 spiro atoms. The van der Waals surface area contributed by atoms with Crippen molar-refractivity contribution < 1.29 is 22.7 Å². The molecule has 1 aliphatic heterocycles. The molecule has 0 saturated heterocycles. The number of hydrogen-bond acceptors (Lipinski definition) is 6. The zero-order chi connectivity index (χ0) is 23.6. The molecule has 0 radical (unpaired) electrons. The van der Waals surface area contributed by atoms with Gasteiger partial charge in [0.15, 0.2) is 5.78 Å². The Kier molecular flexibility index (Phi) is 6.60. The second-order valence-corrected chi connectivity index (χ2v) is 9.99. The van der Waals surface area contributed by atoms with Crippen molar-refractivity contribution in [3.8, 4) is 0 Å². The highest BCUT2D eigenvalue weighted by molar-refractivity contribution is 7.89. The molecule has 3 aromatic rings. The van der Waals surface area contributed by atoms with E-state index in [0.717, 1.165) is 0 Å². The monoisotopic (exact) mass is 484 g/mol. The third-order valence-electron chi connectivity index (χ3n) is 5.59. The van der Waals surface area contributed by atoms with Gasteiger partial charge in [0.2, 0.25) is 10.0 Å². The van der Waals surface area contributed by atoms with Gasteiger partial charge < -0.3 is 4.74 Å². The van der Waals surface area contributed by atoms with Gasteiger partial charge in [-0.1, -0.05) is 23.7 Å². The number of fused-ring (bicyclic) bond motifs is 1. The number of aromatic nitrogens is 1. The van der Waals surface area contributed by atoms with Crippen molar-refractivity contribution in [1.29, 1.82) is 0 Å². The van der Waals surface area contributed by atoms with Crippen molar-refractivity contribution in [2.45, 2.75) is 30.3 Å². The van der Waals surface area contributed by atoms with Crippen LogP contribution in [0.2, 0.25) is 5.02 Å². The second kappa shape index (κ2) is 9.43. The number of methoxy groups -OCH3 is 1. The summed E-state index contributed by atoms with van der Waals surface area (Å²) in [6.07, 6.45) is 1.82. The molecule has 2 aromatic carbocycles. The SMILES string of the molecule is COC(=O)c1ccc(S(=O)(=O)N2Cc3ccc(Cl)cc3CC(=O)[C@H]2Cc2ccccn2)cc1. The van der Waals surface area contributed by atoms with Crippen LogP contribution in [0.4, 0.5) is 0 Å². The second-order valence-electron chi connectivity index (χ2n) is 7.66. The van der Waals surface area contributed by atoms with Crippen LogP contribution in [0.25, 0.3) is 0 Å². The molecule has 0 bridgehead atoms. The molecule has 0 saturated carbocycles. The Morgan fingerprint density at radius 3 is 2.55 bits per heavy atom. The molecular formula is C24H21ClN2O5S. The van der Waals surface area contributed by atoms with Crippen LogP contribution in [-0.4, -0.2) is 42.6 Å². The molecule has 1 atom stereocenters. The van der Waals surface area contributed by atoms with E-state index in [1.807, 2.05) is 0 Å². The van der Waals surface area contributed by atoms with Gasteiger partial charge in [-0.05, 0) is 59.7 Å². The minimum Gasteiger partial charge on any atom is -0.465 e. The quantitative estimate of drug-likeness (QED) is 0.515. The Hall–Kier alpha value is -3.07. The predicted molar refractivity (Wildman–Crippen MR) is 122 cm³/mol. The smallest absolute Gasteiger partial charge is 0.337 e. The highest BCUT2D eigenvalue weighted by Crippen LogP contribution is 2.30. The average Bonchev–Trinajstić information content (AvgIpc) is 2.95. The van der Waals surface area contributed by atoms with Gasteiger partial charge in [-0.15, -0.1) is 0 Å². The first kappa shape index (κ1) is 23.1. The van der Waals surface area contributed by atoms with Crippen molar-refractivity contribution in [2.75, 3.05) is 7.11 Å². The molecule has 1 aromatic heterocycles. The standard InChI is InChI=1S/C24H21ClN2O5S/c1-32-24(29)16-6-9-21(10-7-16)33(30,31)27-15-17-5-8-19(25)12-18(17)13-23(28)22(27)14-20-4-2-3-11-26-20/h2-12,22H,13-15H2,1H3/t22-/m1/s1. The number of ether oxygens (including phenoxy) is 1. The van der Waals surface area contributed by atoms with E-state index < -0.39 is 22.0 Å². The zero-order valence-corrected chi connectivity index (χ0v) is 19.3. The summed E-state index contributed by atoms with van der Waals surface area (Å²) in [6.45, 7) is 0.0107. The van der Waals surface area contributed by atoms with Gasteiger partial charge in [0.1, 0.15) is 0 Å². The lowest BCUT2D eigenvalue weighted by atomic mass is 10.00. The number of ketones is 1. The van der Waals surface area contributed by atoms with Crippen molar-refractivity contribution in [1.82, 2.24) is 9.29 Å². The number of benzene rings is 2. The van der Waals surface area contributed by atoms with Crippen LogP contribution in [0, 0.1) is 0 Å². The molecule has 0 fully saturated rings. The number of nitrogens with zero attached hydrogens (tertiary/aromatic N) is 2. The molecule has 9 heteroatoms. The van der Waals surface area contributed by atoms with E-state index in [1.54, 1.807) is 42.6 Å². The van der Waals surface area contributed by atoms with E-state index in [1.165, 1.54) is 35.7 Å². The number of pyridine rings is 1. The number of Topliss-reactive ketones (excluding diaryl/α,β-unsaturated/α-hetero) is 1. The maximum absolute atomic E-state index is 13.7. The third kappa shape index (κ3) is 4.83. The summed E-state index contributed by atoms with van der Waals surface area (Å²) in [4.78, 5) is 29.3. The van der Waals surface area contributed by atoms with Crippen LogP contribution in [0.3, 0.4) is 0 Å². The molecule has 33 heavy (non-hydrogen) atoms. The first-order valence-electron chi connectivity index (χ1n) is 10.2. The average molecular weight is 485 g/mol. The Balaban J connectivity index is 1.78. The van der Waals surface area contributed by atoms with Crippen LogP contribution in [0.15, 0.2) is 71.8 Å². The minimum atomic E-state index is -4.09. The van der Waals surface area contributed by atoms with Gasteiger partial charge >= 0.3 is 5.97 Å². The Morgan fingerprint density at radius 1 is 1.12 bits per heavy atom. The Labute approximate surface area is 197 Å².